The van der Waals surface area contributed by atoms with Gasteiger partial charge < -0.3 is 19.7 Å². The number of hydrogen-bond acceptors (Lipinski definition) is 4. The van der Waals surface area contributed by atoms with E-state index in [1.54, 1.807) is 11.8 Å². The smallest absolute Gasteiger partial charge is 0.231 e. The SMILES string of the molecule is CC(=O)N1CCC(C(=O)NC(C)c2ccc3c(c2)OCO3)CC1. The molecule has 0 radical (unpaired) electrons. The summed E-state index contributed by atoms with van der Waals surface area (Å²) in [6, 6.07) is 5.62. The first-order valence-corrected chi connectivity index (χ1v) is 8.00. The number of benzene rings is 1. The number of hydrogen-bond donors (Lipinski definition) is 1. The minimum Gasteiger partial charge on any atom is -0.454 e. The van der Waals surface area contributed by atoms with Crippen molar-refractivity contribution in [2.75, 3.05) is 19.9 Å². The number of ether oxygens (including phenoxy) is 2. The van der Waals surface area contributed by atoms with Crippen LogP contribution >= 0.6 is 0 Å². The number of carbonyl (C=O) groups excluding carboxylic acids is 2. The lowest BCUT2D eigenvalue weighted by Gasteiger charge is -2.31. The van der Waals surface area contributed by atoms with Crippen LogP contribution in [0, 0.1) is 5.92 Å². The molecule has 2 aliphatic heterocycles. The Morgan fingerprint density at radius 2 is 1.91 bits per heavy atom. The van der Waals surface area contributed by atoms with Gasteiger partial charge in [0.1, 0.15) is 0 Å². The van der Waals surface area contributed by atoms with Crippen LogP contribution in [0.25, 0.3) is 0 Å². The maximum atomic E-state index is 12.4. The molecule has 1 aromatic carbocycles. The molecule has 6 nitrogen and oxygen atoms in total. The summed E-state index contributed by atoms with van der Waals surface area (Å²) in [5, 5.41) is 3.06. The summed E-state index contributed by atoms with van der Waals surface area (Å²) in [5.41, 5.74) is 0.990. The topological polar surface area (TPSA) is 67.9 Å². The molecule has 1 atom stereocenters. The van der Waals surface area contributed by atoms with Crippen LogP contribution < -0.4 is 14.8 Å². The van der Waals surface area contributed by atoms with E-state index in [4.69, 9.17) is 9.47 Å². The lowest BCUT2D eigenvalue weighted by molar-refractivity contribution is -0.134. The van der Waals surface area contributed by atoms with Gasteiger partial charge in [-0.05, 0) is 37.5 Å². The highest BCUT2D eigenvalue weighted by atomic mass is 16.7. The first kappa shape index (κ1) is 15.6. The van der Waals surface area contributed by atoms with Gasteiger partial charge in [-0.25, -0.2) is 0 Å². The molecule has 3 rings (SSSR count). The van der Waals surface area contributed by atoms with Gasteiger partial charge in [0.25, 0.3) is 0 Å². The Hall–Kier alpha value is -2.24. The number of piperidine rings is 1. The standard InChI is InChI=1S/C17H22N2O4/c1-11(14-3-4-15-16(9-14)23-10-22-15)18-17(21)13-5-7-19(8-6-13)12(2)20/h3-4,9,11,13H,5-8,10H2,1-2H3,(H,18,21). The molecule has 23 heavy (non-hydrogen) atoms. The zero-order valence-corrected chi connectivity index (χ0v) is 13.5. The van der Waals surface area contributed by atoms with Gasteiger partial charge in [-0.1, -0.05) is 6.07 Å². The van der Waals surface area contributed by atoms with Crippen LogP contribution in [0.3, 0.4) is 0 Å². The fourth-order valence-electron chi connectivity index (χ4n) is 3.05. The lowest BCUT2D eigenvalue weighted by atomic mass is 9.95. The quantitative estimate of drug-likeness (QED) is 0.923. The molecule has 2 heterocycles. The molecule has 1 fully saturated rings. The van der Waals surface area contributed by atoms with E-state index in [9.17, 15) is 9.59 Å². The minimum atomic E-state index is -0.0946. The number of likely N-dealkylation sites (tertiary alicyclic amines) is 1. The number of amides is 2. The predicted octanol–water partition coefficient (Wildman–Crippen LogP) is 1.85. The Bertz CT molecular complexity index is 609. The summed E-state index contributed by atoms with van der Waals surface area (Å²) in [7, 11) is 0. The Morgan fingerprint density at radius 1 is 1.22 bits per heavy atom. The van der Waals surface area contributed by atoms with Crippen LogP contribution in [-0.4, -0.2) is 36.6 Å². The number of rotatable bonds is 3. The second kappa shape index (κ2) is 6.48. The number of nitrogens with one attached hydrogen (secondary N) is 1. The van der Waals surface area contributed by atoms with Gasteiger partial charge in [-0.2, -0.15) is 0 Å². The first-order chi connectivity index (χ1) is 11.0. The molecule has 0 aromatic heterocycles. The van der Waals surface area contributed by atoms with Crippen molar-refractivity contribution in [3.63, 3.8) is 0 Å². The van der Waals surface area contributed by atoms with Gasteiger partial charge in [-0.15, -0.1) is 0 Å². The van der Waals surface area contributed by atoms with Crippen molar-refractivity contribution in [2.24, 2.45) is 5.92 Å². The molecule has 0 saturated carbocycles. The predicted molar refractivity (Wildman–Crippen MR) is 84.1 cm³/mol. The van der Waals surface area contributed by atoms with E-state index >= 15 is 0 Å². The first-order valence-electron chi connectivity index (χ1n) is 8.00. The molecule has 1 aromatic rings. The third-order valence-electron chi connectivity index (χ3n) is 4.57. The summed E-state index contributed by atoms with van der Waals surface area (Å²) in [6.45, 7) is 5.09. The summed E-state index contributed by atoms with van der Waals surface area (Å²) < 4.78 is 10.7. The van der Waals surface area contributed by atoms with Gasteiger partial charge in [-0.3, -0.25) is 9.59 Å². The summed E-state index contributed by atoms with van der Waals surface area (Å²) in [4.78, 5) is 25.6. The molecule has 0 bridgehead atoms. The molecule has 2 amide bonds. The largest absolute Gasteiger partial charge is 0.454 e. The van der Waals surface area contributed by atoms with Gasteiger partial charge in [0.05, 0.1) is 6.04 Å². The summed E-state index contributed by atoms with van der Waals surface area (Å²) in [5.74, 6) is 1.57. The van der Waals surface area contributed by atoms with Crippen molar-refractivity contribution in [1.29, 1.82) is 0 Å². The molecule has 0 spiro atoms. The minimum absolute atomic E-state index is 0.0259. The van der Waals surface area contributed by atoms with Crippen LogP contribution in [0.2, 0.25) is 0 Å². The van der Waals surface area contributed by atoms with Crippen molar-refractivity contribution >= 4 is 11.8 Å². The Labute approximate surface area is 135 Å². The Balaban J connectivity index is 1.56. The third kappa shape index (κ3) is 3.41. The summed E-state index contributed by atoms with van der Waals surface area (Å²) >= 11 is 0. The van der Waals surface area contributed by atoms with E-state index in [2.05, 4.69) is 5.32 Å². The van der Waals surface area contributed by atoms with Crippen LogP contribution in [0.1, 0.15) is 38.3 Å². The zero-order chi connectivity index (χ0) is 16.4. The average Bonchev–Trinajstić information content (AvgIpc) is 3.02. The molecular formula is C17H22N2O4. The van der Waals surface area contributed by atoms with Crippen LogP contribution in [0.15, 0.2) is 18.2 Å². The highest BCUT2D eigenvalue weighted by Gasteiger charge is 2.27. The molecule has 0 aliphatic carbocycles. The second-order valence-corrected chi connectivity index (χ2v) is 6.12. The van der Waals surface area contributed by atoms with Crippen LogP contribution in [-0.2, 0) is 9.59 Å². The maximum Gasteiger partial charge on any atom is 0.231 e. The molecule has 2 aliphatic rings. The van der Waals surface area contributed by atoms with E-state index in [-0.39, 0.29) is 30.6 Å². The van der Waals surface area contributed by atoms with Gasteiger partial charge in [0.15, 0.2) is 11.5 Å². The fourth-order valence-corrected chi connectivity index (χ4v) is 3.05. The van der Waals surface area contributed by atoms with Gasteiger partial charge in [0.2, 0.25) is 18.6 Å². The average molecular weight is 318 g/mol. The molecule has 1 saturated heterocycles. The maximum absolute atomic E-state index is 12.4. The van der Waals surface area contributed by atoms with E-state index in [1.165, 1.54) is 0 Å². The van der Waals surface area contributed by atoms with Crippen molar-refractivity contribution in [3.8, 4) is 11.5 Å². The van der Waals surface area contributed by atoms with E-state index in [1.807, 2.05) is 25.1 Å². The summed E-state index contributed by atoms with van der Waals surface area (Å²) in [6.07, 6.45) is 1.44. The molecular weight excluding hydrogens is 296 g/mol. The molecule has 6 heteroatoms. The molecule has 1 unspecified atom stereocenters. The van der Waals surface area contributed by atoms with E-state index in [0.717, 1.165) is 29.9 Å². The van der Waals surface area contributed by atoms with Gasteiger partial charge in [0, 0.05) is 25.9 Å². The highest BCUT2D eigenvalue weighted by molar-refractivity contribution is 5.80. The highest BCUT2D eigenvalue weighted by Crippen LogP contribution is 2.34. The Morgan fingerprint density at radius 3 is 2.61 bits per heavy atom. The number of nitrogens with zero attached hydrogens (tertiary/aromatic N) is 1. The van der Waals surface area contributed by atoms with Crippen LogP contribution in [0.5, 0.6) is 11.5 Å². The Kier molecular flexibility index (Phi) is 4.41. The second-order valence-electron chi connectivity index (χ2n) is 6.12. The van der Waals surface area contributed by atoms with Gasteiger partial charge >= 0.3 is 0 Å². The van der Waals surface area contributed by atoms with Crippen molar-refractivity contribution in [1.82, 2.24) is 10.2 Å². The fraction of sp³-hybridized carbons (Fsp3) is 0.529. The van der Waals surface area contributed by atoms with Crippen LogP contribution in [0.4, 0.5) is 0 Å². The molecule has 1 N–H and O–H groups in total. The van der Waals surface area contributed by atoms with E-state index < -0.39 is 0 Å². The third-order valence-corrected chi connectivity index (χ3v) is 4.57. The zero-order valence-electron chi connectivity index (χ0n) is 13.5. The molecule has 124 valence electrons. The van der Waals surface area contributed by atoms with Crippen molar-refractivity contribution in [2.45, 2.75) is 32.7 Å². The normalized spacial score (nSPS) is 18.6. The van der Waals surface area contributed by atoms with E-state index in [0.29, 0.717) is 13.1 Å². The van der Waals surface area contributed by atoms with Crippen molar-refractivity contribution < 1.29 is 19.1 Å². The van der Waals surface area contributed by atoms with Crippen molar-refractivity contribution in [3.05, 3.63) is 23.8 Å². The lowest BCUT2D eigenvalue weighted by Crippen LogP contribution is -2.42. The monoisotopic (exact) mass is 318 g/mol. The number of carbonyl (C=O) groups is 2. The number of fused-ring (bicyclic) bond motifs is 1.